The SMILES string of the molecule is S=C(SCCCS)N1CCCCC1. The number of hydrogen-bond donors (Lipinski definition) is 1. The fourth-order valence-corrected chi connectivity index (χ4v) is 3.02. The molecule has 1 nitrogen and oxygen atoms in total. The van der Waals surface area contributed by atoms with E-state index < -0.39 is 0 Å². The van der Waals surface area contributed by atoms with Crippen LogP contribution in [0.15, 0.2) is 0 Å². The monoisotopic (exact) mass is 235 g/mol. The standard InChI is InChI=1S/C9H17NS3/c11-7-4-8-13-9(12)10-5-2-1-3-6-10/h11H,1-8H2. The Labute approximate surface area is 96.0 Å². The highest BCUT2D eigenvalue weighted by atomic mass is 32.2. The third-order valence-electron chi connectivity index (χ3n) is 2.14. The predicted molar refractivity (Wildman–Crippen MR) is 69.0 cm³/mol. The maximum Gasteiger partial charge on any atom is 0.136 e. The molecule has 0 N–H and O–H groups in total. The van der Waals surface area contributed by atoms with Crippen molar-refractivity contribution in [2.24, 2.45) is 0 Å². The van der Waals surface area contributed by atoms with E-state index in [4.69, 9.17) is 12.2 Å². The first-order valence-corrected chi connectivity index (χ1v) is 6.90. The number of hydrogen-bond acceptors (Lipinski definition) is 3. The molecule has 0 atom stereocenters. The van der Waals surface area contributed by atoms with Crippen molar-refractivity contribution in [3.8, 4) is 0 Å². The topological polar surface area (TPSA) is 3.24 Å². The number of thioether (sulfide) groups is 1. The Balaban J connectivity index is 2.13. The molecule has 76 valence electrons. The summed E-state index contributed by atoms with van der Waals surface area (Å²) in [6.45, 7) is 2.35. The summed E-state index contributed by atoms with van der Waals surface area (Å²) in [5, 5.41) is 0. The van der Waals surface area contributed by atoms with E-state index in [2.05, 4.69) is 17.5 Å². The summed E-state index contributed by atoms with van der Waals surface area (Å²) in [4.78, 5) is 2.35. The molecule has 0 saturated carbocycles. The van der Waals surface area contributed by atoms with Crippen LogP contribution in [0.5, 0.6) is 0 Å². The van der Waals surface area contributed by atoms with Gasteiger partial charge in [-0.05, 0) is 31.4 Å². The van der Waals surface area contributed by atoms with Crippen LogP contribution in [0.3, 0.4) is 0 Å². The van der Waals surface area contributed by atoms with Crippen molar-refractivity contribution in [3.63, 3.8) is 0 Å². The number of piperidine rings is 1. The van der Waals surface area contributed by atoms with Gasteiger partial charge in [-0.3, -0.25) is 0 Å². The molecular formula is C9H17NS3. The maximum absolute atomic E-state index is 5.35. The van der Waals surface area contributed by atoms with Gasteiger partial charge in [0.1, 0.15) is 4.32 Å². The Morgan fingerprint density at radius 1 is 1.31 bits per heavy atom. The first kappa shape index (κ1) is 11.7. The second kappa shape index (κ2) is 6.96. The quantitative estimate of drug-likeness (QED) is 0.455. The number of nitrogens with zero attached hydrogens (tertiary/aromatic N) is 1. The van der Waals surface area contributed by atoms with E-state index in [1.54, 1.807) is 0 Å². The van der Waals surface area contributed by atoms with E-state index in [-0.39, 0.29) is 0 Å². The van der Waals surface area contributed by atoms with Crippen molar-refractivity contribution in [1.82, 2.24) is 4.90 Å². The van der Waals surface area contributed by atoms with Gasteiger partial charge >= 0.3 is 0 Å². The summed E-state index contributed by atoms with van der Waals surface area (Å²) in [5.41, 5.74) is 0. The van der Waals surface area contributed by atoms with Crippen LogP contribution in [0.2, 0.25) is 0 Å². The molecule has 0 aliphatic carbocycles. The Morgan fingerprint density at radius 3 is 2.62 bits per heavy atom. The zero-order valence-corrected chi connectivity index (χ0v) is 10.4. The Kier molecular flexibility index (Phi) is 6.24. The molecule has 1 aliphatic rings. The molecule has 1 fully saturated rings. The molecule has 0 spiro atoms. The zero-order valence-electron chi connectivity index (χ0n) is 7.87. The average molecular weight is 235 g/mol. The molecule has 1 heterocycles. The van der Waals surface area contributed by atoms with Gasteiger partial charge in [0.25, 0.3) is 0 Å². The molecule has 4 heteroatoms. The summed E-state index contributed by atoms with van der Waals surface area (Å²) in [5.74, 6) is 2.09. The molecule has 0 aromatic rings. The van der Waals surface area contributed by atoms with Gasteiger partial charge in [0.2, 0.25) is 0 Å². The van der Waals surface area contributed by atoms with Crippen LogP contribution in [-0.2, 0) is 0 Å². The number of likely N-dealkylation sites (tertiary alicyclic amines) is 1. The second-order valence-corrected chi connectivity index (χ2v) is 5.42. The normalized spacial score (nSPS) is 17.5. The second-order valence-electron chi connectivity index (χ2n) is 3.24. The fraction of sp³-hybridized carbons (Fsp3) is 0.889. The minimum Gasteiger partial charge on any atom is -0.358 e. The molecule has 1 rings (SSSR count). The van der Waals surface area contributed by atoms with Crippen LogP contribution in [0.1, 0.15) is 25.7 Å². The van der Waals surface area contributed by atoms with Crippen molar-refractivity contribution >= 4 is 40.9 Å². The lowest BCUT2D eigenvalue weighted by molar-refractivity contribution is 0.352. The first-order valence-electron chi connectivity index (χ1n) is 4.87. The van der Waals surface area contributed by atoms with Gasteiger partial charge in [-0.1, -0.05) is 24.0 Å². The van der Waals surface area contributed by atoms with Crippen LogP contribution in [0.25, 0.3) is 0 Å². The van der Waals surface area contributed by atoms with Crippen molar-refractivity contribution < 1.29 is 0 Å². The van der Waals surface area contributed by atoms with E-state index in [9.17, 15) is 0 Å². The van der Waals surface area contributed by atoms with Crippen LogP contribution in [0, 0.1) is 0 Å². The molecule has 0 amide bonds. The Hall–Kier alpha value is 0.590. The molecule has 1 saturated heterocycles. The van der Waals surface area contributed by atoms with Crippen LogP contribution in [0.4, 0.5) is 0 Å². The summed E-state index contributed by atoms with van der Waals surface area (Å²) < 4.78 is 1.10. The van der Waals surface area contributed by atoms with E-state index in [0.29, 0.717) is 0 Å². The highest BCUT2D eigenvalue weighted by molar-refractivity contribution is 8.22. The van der Waals surface area contributed by atoms with E-state index in [1.165, 1.54) is 32.4 Å². The van der Waals surface area contributed by atoms with E-state index in [1.807, 2.05) is 11.8 Å². The third kappa shape index (κ3) is 4.56. The van der Waals surface area contributed by atoms with Gasteiger partial charge in [-0.15, -0.1) is 0 Å². The molecule has 0 bridgehead atoms. The van der Waals surface area contributed by atoms with Crippen molar-refractivity contribution in [2.45, 2.75) is 25.7 Å². The lowest BCUT2D eigenvalue weighted by atomic mass is 10.1. The molecule has 1 aliphatic heterocycles. The van der Waals surface area contributed by atoms with Crippen molar-refractivity contribution in [3.05, 3.63) is 0 Å². The summed E-state index contributed by atoms with van der Waals surface area (Å²) >= 11 is 11.3. The molecular weight excluding hydrogens is 218 g/mol. The Bertz CT molecular complexity index is 155. The third-order valence-corrected chi connectivity index (χ3v) is 4.07. The van der Waals surface area contributed by atoms with Gasteiger partial charge in [0.15, 0.2) is 0 Å². The van der Waals surface area contributed by atoms with Crippen LogP contribution < -0.4 is 0 Å². The summed E-state index contributed by atoms with van der Waals surface area (Å²) in [6, 6.07) is 0. The Morgan fingerprint density at radius 2 is 2.00 bits per heavy atom. The molecule has 0 aromatic carbocycles. The van der Waals surface area contributed by atoms with Crippen molar-refractivity contribution in [1.29, 1.82) is 0 Å². The predicted octanol–water partition coefficient (Wildman–Crippen LogP) is 2.81. The van der Waals surface area contributed by atoms with Gasteiger partial charge < -0.3 is 4.90 Å². The van der Waals surface area contributed by atoms with Crippen molar-refractivity contribution in [2.75, 3.05) is 24.6 Å². The minimum absolute atomic E-state index is 0.968. The molecule has 0 aromatic heterocycles. The average Bonchev–Trinajstić information content (AvgIpc) is 2.19. The number of rotatable bonds is 3. The van der Waals surface area contributed by atoms with E-state index >= 15 is 0 Å². The van der Waals surface area contributed by atoms with Crippen LogP contribution in [-0.4, -0.2) is 33.8 Å². The van der Waals surface area contributed by atoms with Crippen LogP contribution >= 0.6 is 36.6 Å². The van der Waals surface area contributed by atoms with E-state index in [0.717, 1.165) is 22.2 Å². The zero-order chi connectivity index (χ0) is 9.52. The minimum atomic E-state index is 0.968. The van der Waals surface area contributed by atoms with Gasteiger partial charge in [-0.2, -0.15) is 12.6 Å². The lowest BCUT2D eigenvalue weighted by Crippen LogP contribution is -2.32. The number of thiocarbonyl (C=S) groups is 1. The summed E-state index contributed by atoms with van der Waals surface area (Å²) in [7, 11) is 0. The lowest BCUT2D eigenvalue weighted by Gasteiger charge is -2.28. The largest absolute Gasteiger partial charge is 0.358 e. The van der Waals surface area contributed by atoms with Gasteiger partial charge in [-0.25, -0.2) is 0 Å². The van der Waals surface area contributed by atoms with Gasteiger partial charge in [0, 0.05) is 18.8 Å². The summed E-state index contributed by atoms with van der Waals surface area (Å²) in [6.07, 6.45) is 5.16. The molecule has 0 radical (unpaired) electrons. The fourth-order valence-electron chi connectivity index (χ4n) is 1.39. The highest BCUT2D eigenvalue weighted by Gasteiger charge is 2.12. The highest BCUT2D eigenvalue weighted by Crippen LogP contribution is 2.16. The smallest absolute Gasteiger partial charge is 0.136 e. The van der Waals surface area contributed by atoms with Gasteiger partial charge in [0.05, 0.1) is 0 Å². The first-order chi connectivity index (χ1) is 6.34. The molecule has 0 unspecified atom stereocenters. The molecule has 13 heavy (non-hydrogen) atoms. The maximum atomic E-state index is 5.35. The number of thiol groups is 1.